The molecule has 1 unspecified atom stereocenters. The predicted molar refractivity (Wildman–Crippen MR) is 123 cm³/mol. The van der Waals surface area contributed by atoms with Gasteiger partial charge in [0.1, 0.15) is 11.9 Å². The van der Waals surface area contributed by atoms with Gasteiger partial charge in [-0.15, -0.1) is 0 Å². The van der Waals surface area contributed by atoms with Gasteiger partial charge in [0.2, 0.25) is 15.9 Å². The highest BCUT2D eigenvalue weighted by molar-refractivity contribution is 7.89. The molecule has 1 N–H and O–H groups in total. The molecule has 2 fully saturated rings. The Labute approximate surface area is 194 Å². The van der Waals surface area contributed by atoms with Crippen molar-refractivity contribution in [2.24, 2.45) is 0 Å². The SMILES string of the molecule is Cc1ccc(S(=O)(=O)N2CCC[C@H]2C(=O)NCC(c2ccc(F)cc2)N2CCOCC2)cc1. The van der Waals surface area contributed by atoms with Crippen LogP contribution >= 0.6 is 0 Å². The first-order valence-electron chi connectivity index (χ1n) is 11.3. The number of halogens is 1. The van der Waals surface area contributed by atoms with Gasteiger partial charge in [-0.2, -0.15) is 4.31 Å². The van der Waals surface area contributed by atoms with E-state index in [0.29, 0.717) is 52.2 Å². The van der Waals surface area contributed by atoms with Gasteiger partial charge >= 0.3 is 0 Å². The van der Waals surface area contributed by atoms with E-state index in [2.05, 4.69) is 10.2 Å². The van der Waals surface area contributed by atoms with Gasteiger partial charge in [0.05, 0.1) is 24.2 Å². The molecule has 0 aromatic heterocycles. The van der Waals surface area contributed by atoms with E-state index in [0.717, 1.165) is 11.1 Å². The number of aryl methyl sites for hydroxylation is 1. The van der Waals surface area contributed by atoms with E-state index in [9.17, 15) is 17.6 Å². The van der Waals surface area contributed by atoms with Crippen molar-refractivity contribution in [1.82, 2.24) is 14.5 Å². The highest BCUT2D eigenvalue weighted by atomic mass is 32.2. The van der Waals surface area contributed by atoms with Crippen LogP contribution in [0.25, 0.3) is 0 Å². The van der Waals surface area contributed by atoms with Crippen LogP contribution in [0.15, 0.2) is 53.4 Å². The molecule has 9 heteroatoms. The smallest absolute Gasteiger partial charge is 0.243 e. The molecule has 2 aliphatic heterocycles. The van der Waals surface area contributed by atoms with E-state index in [1.807, 2.05) is 6.92 Å². The Balaban J connectivity index is 1.48. The zero-order chi connectivity index (χ0) is 23.4. The van der Waals surface area contributed by atoms with Crippen LogP contribution in [0, 0.1) is 12.7 Å². The lowest BCUT2D eigenvalue weighted by molar-refractivity contribution is -0.124. The fourth-order valence-corrected chi connectivity index (χ4v) is 6.14. The van der Waals surface area contributed by atoms with Gasteiger partial charge in [0, 0.05) is 26.2 Å². The molecule has 1 amide bonds. The molecule has 2 atom stereocenters. The van der Waals surface area contributed by atoms with Crippen molar-refractivity contribution in [3.8, 4) is 0 Å². The molecule has 2 aromatic carbocycles. The van der Waals surface area contributed by atoms with Gasteiger partial charge in [-0.1, -0.05) is 29.8 Å². The van der Waals surface area contributed by atoms with Crippen LogP contribution < -0.4 is 5.32 Å². The summed E-state index contributed by atoms with van der Waals surface area (Å²) >= 11 is 0. The van der Waals surface area contributed by atoms with E-state index in [1.54, 1.807) is 36.4 Å². The summed E-state index contributed by atoms with van der Waals surface area (Å²) in [6.07, 6.45) is 1.11. The molecule has 0 aliphatic carbocycles. The highest BCUT2D eigenvalue weighted by Crippen LogP contribution is 2.27. The summed E-state index contributed by atoms with van der Waals surface area (Å²) in [5.74, 6) is -0.616. The van der Waals surface area contributed by atoms with Crippen molar-refractivity contribution in [3.05, 3.63) is 65.5 Å². The molecule has 0 saturated carbocycles. The highest BCUT2D eigenvalue weighted by Gasteiger charge is 2.39. The Morgan fingerprint density at radius 1 is 1.09 bits per heavy atom. The van der Waals surface area contributed by atoms with E-state index in [4.69, 9.17) is 4.74 Å². The van der Waals surface area contributed by atoms with Crippen LogP contribution in [0.5, 0.6) is 0 Å². The maximum Gasteiger partial charge on any atom is 0.243 e. The molecule has 4 rings (SSSR count). The molecule has 33 heavy (non-hydrogen) atoms. The maximum atomic E-state index is 13.5. The maximum absolute atomic E-state index is 13.5. The first kappa shape index (κ1) is 23.8. The van der Waals surface area contributed by atoms with Crippen LogP contribution in [-0.4, -0.2) is 69.0 Å². The number of hydrogen-bond donors (Lipinski definition) is 1. The second-order valence-electron chi connectivity index (χ2n) is 8.55. The van der Waals surface area contributed by atoms with Crippen molar-refractivity contribution in [3.63, 3.8) is 0 Å². The summed E-state index contributed by atoms with van der Waals surface area (Å²) in [6, 6.07) is 12.1. The number of nitrogens with zero attached hydrogens (tertiary/aromatic N) is 2. The topological polar surface area (TPSA) is 79.0 Å². The van der Waals surface area contributed by atoms with E-state index in [1.165, 1.54) is 16.4 Å². The molecule has 0 bridgehead atoms. The number of morpholine rings is 1. The van der Waals surface area contributed by atoms with Crippen LogP contribution in [0.4, 0.5) is 4.39 Å². The third-order valence-electron chi connectivity index (χ3n) is 6.34. The average molecular weight is 476 g/mol. The number of sulfonamides is 1. The average Bonchev–Trinajstić information content (AvgIpc) is 3.32. The Kier molecular flexibility index (Phi) is 7.43. The normalized spacial score (nSPS) is 21.1. The summed E-state index contributed by atoms with van der Waals surface area (Å²) in [6.45, 7) is 5.12. The van der Waals surface area contributed by atoms with Gasteiger partial charge in [-0.05, 0) is 49.6 Å². The predicted octanol–water partition coefficient (Wildman–Crippen LogP) is 2.48. The summed E-state index contributed by atoms with van der Waals surface area (Å²) in [7, 11) is -3.76. The number of carbonyl (C=O) groups excluding carboxylic acids is 1. The lowest BCUT2D eigenvalue weighted by Gasteiger charge is -2.35. The molecular weight excluding hydrogens is 445 g/mol. The number of hydrogen-bond acceptors (Lipinski definition) is 5. The molecule has 2 heterocycles. The number of nitrogens with one attached hydrogen (secondary N) is 1. The third-order valence-corrected chi connectivity index (χ3v) is 8.27. The van der Waals surface area contributed by atoms with Gasteiger partial charge < -0.3 is 10.1 Å². The van der Waals surface area contributed by atoms with Crippen molar-refractivity contribution in [1.29, 1.82) is 0 Å². The first-order chi connectivity index (χ1) is 15.9. The minimum atomic E-state index is -3.76. The largest absolute Gasteiger partial charge is 0.379 e. The first-order valence-corrected chi connectivity index (χ1v) is 12.7. The summed E-state index contributed by atoms with van der Waals surface area (Å²) in [5.41, 5.74) is 1.87. The quantitative estimate of drug-likeness (QED) is 0.666. The minimum Gasteiger partial charge on any atom is -0.379 e. The van der Waals surface area contributed by atoms with Crippen LogP contribution in [0.2, 0.25) is 0 Å². The molecule has 2 aromatic rings. The van der Waals surface area contributed by atoms with Crippen LogP contribution in [-0.2, 0) is 19.6 Å². The minimum absolute atomic E-state index is 0.151. The summed E-state index contributed by atoms with van der Waals surface area (Å²) < 4.78 is 46.6. The standard InChI is InChI=1S/C24H30FN3O4S/c1-18-4-10-21(11-5-18)33(30,31)28-12-2-3-22(28)24(29)26-17-23(27-13-15-32-16-14-27)19-6-8-20(25)9-7-19/h4-11,22-23H,2-3,12-17H2,1H3,(H,26,29)/t22-,23?/m0/s1. The zero-order valence-electron chi connectivity index (χ0n) is 18.7. The van der Waals surface area contributed by atoms with E-state index in [-0.39, 0.29) is 22.7 Å². The van der Waals surface area contributed by atoms with Gasteiger partial charge in [0.15, 0.2) is 0 Å². The van der Waals surface area contributed by atoms with Crippen LogP contribution in [0.1, 0.15) is 30.0 Å². The Hall–Kier alpha value is -2.33. The number of carbonyl (C=O) groups is 1. The van der Waals surface area contributed by atoms with Crippen molar-refractivity contribution in [2.45, 2.75) is 36.7 Å². The summed E-state index contributed by atoms with van der Waals surface area (Å²) in [5, 5.41) is 2.98. The number of ether oxygens (including phenoxy) is 1. The molecule has 178 valence electrons. The third kappa shape index (κ3) is 5.43. The molecular formula is C24H30FN3O4S. The van der Waals surface area contributed by atoms with Gasteiger partial charge in [-0.3, -0.25) is 9.69 Å². The Morgan fingerprint density at radius 3 is 2.42 bits per heavy atom. The van der Waals surface area contributed by atoms with Crippen molar-refractivity contribution < 1.29 is 22.3 Å². The lowest BCUT2D eigenvalue weighted by atomic mass is 10.0. The summed E-state index contributed by atoms with van der Waals surface area (Å²) in [4.78, 5) is 15.5. The monoisotopic (exact) mass is 475 g/mol. The fourth-order valence-electron chi connectivity index (χ4n) is 4.48. The fraction of sp³-hybridized carbons (Fsp3) is 0.458. The van der Waals surface area contributed by atoms with Crippen molar-refractivity contribution in [2.75, 3.05) is 39.4 Å². The molecule has 0 radical (unpaired) electrons. The second kappa shape index (κ2) is 10.3. The number of rotatable bonds is 7. The number of amides is 1. The lowest BCUT2D eigenvalue weighted by Crippen LogP contribution is -2.49. The molecule has 2 aliphatic rings. The van der Waals surface area contributed by atoms with Crippen molar-refractivity contribution >= 4 is 15.9 Å². The zero-order valence-corrected chi connectivity index (χ0v) is 19.6. The second-order valence-corrected chi connectivity index (χ2v) is 10.4. The number of benzene rings is 2. The van der Waals surface area contributed by atoms with Gasteiger partial charge in [-0.25, -0.2) is 12.8 Å². The Morgan fingerprint density at radius 2 is 1.76 bits per heavy atom. The van der Waals surface area contributed by atoms with Crippen LogP contribution in [0.3, 0.4) is 0 Å². The van der Waals surface area contributed by atoms with E-state index < -0.39 is 16.1 Å². The van der Waals surface area contributed by atoms with E-state index >= 15 is 0 Å². The molecule has 7 nitrogen and oxygen atoms in total. The van der Waals surface area contributed by atoms with Gasteiger partial charge in [0.25, 0.3) is 0 Å². The Bertz CT molecular complexity index is 1050. The molecule has 2 saturated heterocycles. The molecule has 0 spiro atoms.